The molecular formula is C17H17N3OS2. The van der Waals surface area contributed by atoms with Crippen LogP contribution < -0.4 is 0 Å². The average Bonchev–Trinajstić information content (AvgIpc) is 3.19. The van der Waals surface area contributed by atoms with Crippen molar-refractivity contribution in [3.05, 3.63) is 58.3 Å². The van der Waals surface area contributed by atoms with Crippen molar-refractivity contribution in [2.24, 2.45) is 10.2 Å². The Morgan fingerprint density at radius 1 is 1.22 bits per heavy atom. The molecule has 2 aromatic rings. The zero-order valence-electron chi connectivity index (χ0n) is 12.8. The highest BCUT2D eigenvalue weighted by molar-refractivity contribution is 8.15. The molecule has 0 aliphatic carbocycles. The van der Waals surface area contributed by atoms with Crippen LogP contribution in [-0.4, -0.2) is 27.4 Å². The van der Waals surface area contributed by atoms with Crippen molar-refractivity contribution in [3.8, 4) is 0 Å². The van der Waals surface area contributed by atoms with Gasteiger partial charge in [0.15, 0.2) is 5.17 Å². The average molecular weight is 343 g/mol. The van der Waals surface area contributed by atoms with E-state index in [4.69, 9.17) is 0 Å². The molecule has 1 unspecified atom stereocenters. The second kappa shape index (κ2) is 7.57. The third-order valence-corrected chi connectivity index (χ3v) is 5.58. The molecule has 0 bridgehead atoms. The lowest BCUT2D eigenvalue weighted by Gasteiger charge is -2.15. The molecule has 0 N–H and O–H groups in total. The van der Waals surface area contributed by atoms with E-state index < -0.39 is 0 Å². The highest BCUT2D eigenvalue weighted by atomic mass is 32.2. The van der Waals surface area contributed by atoms with Gasteiger partial charge in [0, 0.05) is 4.88 Å². The molecule has 1 aromatic carbocycles. The Bertz CT molecular complexity index is 711. The predicted molar refractivity (Wildman–Crippen MR) is 98.0 cm³/mol. The summed E-state index contributed by atoms with van der Waals surface area (Å²) in [5.41, 5.74) is 1.09. The summed E-state index contributed by atoms with van der Waals surface area (Å²) in [6.07, 6.45) is 2.52. The van der Waals surface area contributed by atoms with Crippen LogP contribution in [0.25, 0.3) is 0 Å². The molecule has 1 aromatic heterocycles. The second-order valence-corrected chi connectivity index (χ2v) is 7.22. The van der Waals surface area contributed by atoms with E-state index in [-0.39, 0.29) is 11.2 Å². The van der Waals surface area contributed by atoms with Crippen LogP contribution in [-0.2, 0) is 11.3 Å². The molecule has 118 valence electrons. The van der Waals surface area contributed by atoms with Gasteiger partial charge in [-0.15, -0.1) is 16.4 Å². The van der Waals surface area contributed by atoms with Gasteiger partial charge < -0.3 is 0 Å². The van der Waals surface area contributed by atoms with Gasteiger partial charge in [0.1, 0.15) is 0 Å². The molecule has 6 heteroatoms. The number of thiophene rings is 1. The maximum Gasteiger partial charge on any atom is 0.242 e. The third kappa shape index (κ3) is 3.89. The van der Waals surface area contributed by atoms with E-state index in [0.717, 1.165) is 16.9 Å². The topological polar surface area (TPSA) is 45.0 Å². The first kappa shape index (κ1) is 16.0. The third-order valence-electron chi connectivity index (χ3n) is 3.45. The highest BCUT2D eigenvalue weighted by Crippen LogP contribution is 2.30. The van der Waals surface area contributed by atoms with Crippen molar-refractivity contribution < 1.29 is 4.79 Å². The van der Waals surface area contributed by atoms with Crippen molar-refractivity contribution in [1.82, 2.24) is 4.90 Å². The molecule has 1 saturated heterocycles. The molecular weight excluding hydrogens is 326 g/mol. The van der Waals surface area contributed by atoms with E-state index in [1.54, 1.807) is 22.5 Å². The first-order valence-corrected chi connectivity index (χ1v) is 9.20. The standard InChI is InChI=1S/C17H17N3OS2/c1-2-15-16(21)20(12-13-7-4-3-5-8-13)17(23-15)19-18-11-14-9-6-10-22-14/h3-11,15H,2,12H2,1H3/b18-11+,19-17+. The van der Waals surface area contributed by atoms with Crippen molar-refractivity contribution in [2.45, 2.75) is 25.1 Å². The van der Waals surface area contributed by atoms with Gasteiger partial charge in [-0.25, -0.2) is 0 Å². The van der Waals surface area contributed by atoms with Crippen LogP contribution in [0, 0.1) is 0 Å². The number of hydrogen-bond donors (Lipinski definition) is 0. The molecule has 2 heterocycles. The smallest absolute Gasteiger partial charge is 0.242 e. The van der Waals surface area contributed by atoms with Crippen LogP contribution in [0.2, 0.25) is 0 Å². The predicted octanol–water partition coefficient (Wildman–Crippen LogP) is 3.99. The maximum atomic E-state index is 12.5. The Balaban J connectivity index is 1.79. The van der Waals surface area contributed by atoms with Gasteiger partial charge >= 0.3 is 0 Å². The van der Waals surface area contributed by atoms with Crippen LogP contribution in [0.5, 0.6) is 0 Å². The van der Waals surface area contributed by atoms with Gasteiger partial charge in [0.05, 0.1) is 18.0 Å². The van der Waals surface area contributed by atoms with Gasteiger partial charge in [-0.1, -0.05) is 55.1 Å². The van der Waals surface area contributed by atoms with E-state index >= 15 is 0 Å². The molecule has 1 amide bonds. The minimum absolute atomic E-state index is 0.0607. The number of rotatable bonds is 5. The molecule has 0 saturated carbocycles. The summed E-state index contributed by atoms with van der Waals surface area (Å²) >= 11 is 3.11. The summed E-state index contributed by atoms with van der Waals surface area (Å²) in [7, 11) is 0. The monoisotopic (exact) mass is 343 g/mol. The zero-order chi connectivity index (χ0) is 16.1. The number of thioether (sulfide) groups is 1. The normalized spacial score (nSPS) is 20.0. The summed E-state index contributed by atoms with van der Waals surface area (Å²) in [4.78, 5) is 15.3. The van der Waals surface area contributed by atoms with Crippen molar-refractivity contribution in [1.29, 1.82) is 0 Å². The highest BCUT2D eigenvalue weighted by Gasteiger charge is 2.36. The number of amides is 1. The molecule has 1 aliphatic rings. The van der Waals surface area contributed by atoms with Crippen molar-refractivity contribution in [3.63, 3.8) is 0 Å². The van der Waals surface area contributed by atoms with Gasteiger partial charge in [-0.05, 0) is 23.4 Å². The summed E-state index contributed by atoms with van der Waals surface area (Å²) in [5.74, 6) is 0.117. The van der Waals surface area contributed by atoms with E-state index in [1.165, 1.54) is 11.8 Å². The number of amidine groups is 1. The quantitative estimate of drug-likeness (QED) is 0.608. The fourth-order valence-electron chi connectivity index (χ4n) is 2.26. The lowest BCUT2D eigenvalue weighted by atomic mass is 10.2. The number of carbonyl (C=O) groups excluding carboxylic acids is 1. The van der Waals surface area contributed by atoms with E-state index in [9.17, 15) is 4.79 Å². The summed E-state index contributed by atoms with van der Waals surface area (Å²) in [5, 5.41) is 11.1. The first-order valence-electron chi connectivity index (χ1n) is 7.44. The molecule has 0 radical (unpaired) electrons. The minimum Gasteiger partial charge on any atom is -0.284 e. The Morgan fingerprint density at radius 3 is 2.74 bits per heavy atom. The lowest BCUT2D eigenvalue weighted by Crippen LogP contribution is -2.31. The minimum atomic E-state index is -0.0607. The van der Waals surface area contributed by atoms with Crippen LogP contribution in [0.15, 0.2) is 58.0 Å². The Kier molecular flexibility index (Phi) is 5.25. The number of hydrogen-bond acceptors (Lipinski definition) is 5. The SMILES string of the molecule is CCC1S/C(=N/N=C/c2cccs2)N(Cc2ccccc2)C1=O. The van der Waals surface area contributed by atoms with Crippen LogP contribution >= 0.6 is 23.1 Å². The van der Waals surface area contributed by atoms with Crippen molar-refractivity contribution in [2.75, 3.05) is 0 Å². The number of benzene rings is 1. The fourth-order valence-corrected chi connectivity index (χ4v) is 3.86. The lowest BCUT2D eigenvalue weighted by molar-refractivity contribution is -0.126. The van der Waals surface area contributed by atoms with Gasteiger partial charge in [0.2, 0.25) is 5.91 Å². The number of carbonyl (C=O) groups is 1. The number of nitrogens with zero attached hydrogens (tertiary/aromatic N) is 3. The fraction of sp³-hybridized carbons (Fsp3) is 0.235. The van der Waals surface area contributed by atoms with Crippen LogP contribution in [0.4, 0.5) is 0 Å². The summed E-state index contributed by atoms with van der Waals surface area (Å²) in [6.45, 7) is 2.56. The van der Waals surface area contributed by atoms with Crippen molar-refractivity contribution >= 4 is 40.4 Å². The van der Waals surface area contributed by atoms with E-state index in [1.807, 2.05) is 54.8 Å². The summed E-state index contributed by atoms with van der Waals surface area (Å²) in [6, 6.07) is 13.9. The Hall–Kier alpha value is -1.92. The Labute approximate surface area is 143 Å². The largest absolute Gasteiger partial charge is 0.284 e. The van der Waals surface area contributed by atoms with Gasteiger partial charge in [0.25, 0.3) is 0 Å². The molecule has 1 aliphatic heterocycles. The van der Waals surface area contributed by atoms with E-state index in [2.05, 4.69) is 10.2 Å². The maximum absolute atomic E-state index is 12.5. The second-order valence-electron chi connectivity index (χ2n) is 5.07. The van der Waals surface area contributed by atoms with Crippen LogP contribution in [0.1, 0.15) is 23.8 Å². The van der Waals surface area contributed by atoms with E-state index in [0.29, 0.717) is 11.7 Å². The molecule has 1 atom stereocenters. The molecule has 4 nitrogen and oxygen atoms in total. The first-order chi connectivity index (χ1) is 11.3. The zero-order valence-corrected chi connectivity index (χ0v) is 14.4. The molecule has 23 heavy (non-hydrogen) atoms. The van der Waals surface area contributed by atoms with Gasteiger partial charge in [-0.2, -0.15) is 5.10 Å². The molecule has 1 fully saturated rings. The van der Waals surface area contributed by atoms with Gasteiger partial charge in [-0.3, -0.25) is 9.69 Å². The molecule has 0 spiro atoms. The Morgan fingerprint density at radius 2 is 2.04 bits per heavy atom. The molecule has 3 rings (SSSR count). The summed E-state index contributed by atoms with van der Waals surface area (Å²) < 4.78 is 0. The van der Waals surface area contributed by atoms with Crippen LogP contribution in [0.3, 0.4) is 0 Å².